The molecule has 2 heterocycles. The third-order valence-corrected chi connectivity index (χ3v) is 3.76. The molecule has 0 saturated heterocycles. The molecule has 0 aromatic carbocycles. The standard InChI is InChI=1S/C15H12ClN3/c16-15-12(9-17)10-5-1-2-6-11(10)14(19-15)13-7-3-4-8-18-13/h3-4,7-8H,1-2,5-6H2. The number of rotatable bonds is 1. The fourth-order valence-electron chi connectivity index (χ4n) is 2.62. The van der Waals surface area contributed by atoms with Crippen molar-refractivity contribution in [1.29, 1.82) is 5.26 Å². The molecule has 0 amide bonds. The largest absolute Gasteiger partial charge is 0.255 e. The second-order valence-electron chi connectivity index (χ2n) is 4.62. The van der Waals surface area contributed by atoms with Crippen LogP contribution in [0.5, 0.6) is 0 Å². The monoisotopic (exact) mass is 269 g/mol. The molecule has 94 valence electrons. The minimum atomic E-state index is 0.295. The molecular weight excluding hydrogens is 258 g/mol. The minimum Gasteiger partial charge on any atom is -0.255 e. The summed E-state index contributed by atoms with van der Waals surface area (Å²) in [6.07, 6.45) is 5.82. The molecule has 4 heteroatoms. The van der Waals surface area contributed by atoms with Gasteiger partial charge in [-0.15, -0.1) is 0 Å². The zero-order valence-electron chi connectivity index (χ0n) is 10.4. The molecule has 1 aliphatic carbocycles. The zero-order chi connectivity index (χ0) is 13.2. The van der Waals surface area contributed by atoms with Crippen LogP contribution in [0.25, 0.3) is 11.4 Å². The van der Waals surface area contributed by atoms with Gasteiger partial charge in [0.25, 0.3) is 0 Å². The summed E-state index contributed by atoms with van der Waals surface area (Å²) in [5, 5.41) is 9.54. The van der Waals surface area contributed by atoms with Crippen LogP contribution >= 0.6 is 11.6 Å². The van der Waals surface area contributed by atoms with Crippen molar-refractivity contribution in [3.05, 3.63) is 46.2 Å². The Morgan fingerprint density at radius 1 is 1.16 bits per heavy atom. The molecule has 0 N–H and O–H groups in total. The summed E-state index contributed by atoms with van der Waals surface area (Å²) in [5.41, 5.74) is 4.41. The van der Waals surface area contributed by atoms with Crippen LogP contribution in [0.15, 0.2) is 24.4 Å². The molecule has 0 fully saturated rings. The second-order valence-corrected chi connectivity index (χ2v) is 4.98. The Morgan fingerprint density at radius 2 is 1.95 bits per heavy atom. The lowest BCUT2D eigenvalue weighted by Crippen LogP contribution is -2.10. The molecule has 19 heavy (non-hydrogen) atoms. The van der Waals surface area contributed by atoms with Gasteiger partial charge in [-0.05, 0) is 48.9 Å². The third kappa shape index (κ3) is 2.09. The van der Waals surface area contributed by atoms with Crippen molar-refractivity contribution >= 4 is 11.6 Å². The van der Waals surface area contributed by atoms with E-state index < -0.39 is 0 Å². The van der Waals surface area contributed by atoms with Gasteiger partial charge in [0.15, 0.2) is 0 Å². The molecule has 2 aromatic heterocycles. The highest BCUT2D eigenvalue weighted by Crippen LogP contribution is 2.34. The summed E-state index contributed by atoms with van der Waals surface area (Å²) < 4.78 is 0. The number of nitrogens with zero attached hydrogens (tertiary/aromatic N) is 3. The molecular formula is C15H12ClN3. The Labute approximate surface area is 116 Å². The second kappa shape index (κ2) is 4.99. The number of fused-ring (bicyclic) bond motifs is 1. The molecule has 0 bridgehead atoms. The van der Waals surface area contributed by atoms with Crippen LogP contribution in [-0.4, -0.2) is 9.97 Å². The fourth-order valence-corrected chi connectivity index (χ4v) is 2.86. The zero-order valence-corrected chi connectivity index (χ0v) is 11.1. The Morgan fingerprint density at radius 3 is 2.63 bits per heavy atom. The molecule has 1 aliphatic rings. The number of aromatic nitrogens is 2. The first-order chi connectivity index (χ1) is 9.31. The Balaban J connectivity index is 2.27. The average molecular weight is 270 g/mol. The summed E-state index contributed by atoms with van der Waals surface area (Å²) in [5.74, 6) is 0. The van der Waals surface area contributed by atoms with Crippen molar-refractivity contribution in [2.75, 3.05) is 0 Å². The van der Waals surface area contributed by atoms with Crippen LogP contribution < -0.4 is 0 Å². The summed E-state index contributed by atoms with van der Waals surface area (Å²) >= 11 is 6.15. The van der Waals surface area contributed by atoms with Gasteiger partial charge in [0.05, 0.1) is 17.0 Å². The van der Waals surface area contributed by atoms with E-state index in [9.17, 15) is 5.26 Å². The summed E-state index contributed by atoms with van der Waals surface area (Å²) in [6, 6.07) is 7.93. The molecule has 3 nitrogen and oxygen atoms in total. The van der Waals surface area contributed by atoms with Gasteiger partial charge >= 0.3 is 0 Å². The Bertz CT molecular complexity index is 659. The van der Waals surface area contributed by atoms with E-state index >= 15 is 0 Å². The van der Waals surface area contributed by atoms with E-state index in [-0.39, 0.29) is 0 Å². The average Bonchev–Trinajstić information content (AvgIpc) is 2.47. The smallest absolute Gasteiger partial charge is 0.147 e. The number of hydrogen-bond donors (Lipinski definition) is 0. The molecule has 0 aliphatic heterocycles. The fraction of sp³-hybridized carbons (Fsp3) is 0.267. The van der Waals surface area contributed by atoms with Gasteiger partial charge in [0.2, 0.25) is 0 Å². The van der Waals surface area contributed by atoms with Gasteiger partial charge in [0.1, 0.15) is 11.2 Å². The van der Waals surface area contributed by atoms with Crippen LogP contribution in [0.4, 0.5) is 0 Å². The van der Waals surface area contributed by atoms with Crippen molar-refractivity contribution in [3.8, 4) is 17.5 Å². The molecule has 3 rings (SSSR count). The van der Waals surface area contributed by atoms with Crippen molar-refractivity contribution in [1.82, 2.24) is 9.97 Å². The number of hydrogen-bond acceptors (Lipinski definition) is 3. The normalized spacial score (nSPS) is 13.7. The van der Waals surface area contributed by atoms with Gasteiger partial charge in [-0.25, -0.2) is 4.98 Å². The van der Waals surface area contributed by atoms with E-state index in [0.717, 1.165) is 48.2 Å². The van der Waals surface area contributed by atoms with Crippen molar-refractivity contribution in [2.45, 2.75) is 25.7 Å². The number of nitriles is 1. The highest BCUT2D eigenvalue weighted by molar-refractivity contribution is 6.30. The predicted octanol–water partition coefficient (Wildman–Crippen LogP) is 3.55. The van der Waals surface area contributed by atoms with Gasteiger partial charge in [-0.3, -0.25) is 4.98 Å². The summed E-state index contributed by atoms with van der Waals surface area (Å²) in [6.45, 7) is 0. The van der Waals surface area contributed by atoms with E-state index in [2.05, 4.69) is 16.0 Å². The van der Waals surface area contributed by atoms with Gasteiger partial charge in [-0.1, -0.05) is 17.7 Å². The van der Waals surface area contributed by atoms with Gasteiger partial charge in [0, 0.05) is 6.20 Å². The van der Waals surface area contributed by atoms with Crippen molar-refractivity contribution in [3.63, 3.8) is 0 Å². The first-order valence-corrected chi connectivity index (χ1v) is 6.72. The van der Waals surface area contributed by atoms with Gasteiger partial charge in [-0.2, -0.15) is 5.26 Å². The quantitative estimate of drug-likeness (QED) is 0.744. The molecule has 2 aromatic rings. The lowest BCUT2D eigenvalue weighted by Gasteiger charge is -2.20. The molecule has 0 spiro atoms. The minimum absolute atomic E-state index is 0.295. The van der Waals surface area contributed by atoms with Crippen LogP contribution in [0.3, 0.4) is 0 Å². The highest BCUT2D eigenvalue weighted by atomic mass is 35.5. The highest BCUT2D eigenvalue weighted by Gasteiger charge is 2.22. The maximum Gasteiger partial charge on any atom is 0.147 e. The maximum absolute atomic E-state index is 9.25. The number of halogens is 1. The van der Waals surface area contributed by atoms with Crippen LogP contribution in [0, 0.1) is 11.3 Å². The first-order valence-electron chi connectivity index (χ1n) is 6.34. The van der Waals surface area contributed by atoms with Crippen LogP contribution in [0.2, 0.25) is 5.15 Å². The lowest BCUT2D eigenvalue weighted by molar-refractivity contribution is 0.682. The maximum atomic E-state index is 9.25. The SMILES string of the molecule is N#Cc1c(Cl)nc(-c2ccccn2)c2c1CCCC2. The van der Waals surface area contributed by atoms with Crippen LogP contribution in [-0.2, 0) is 12.8 Å². The van der Waals surface area contributed by atoms with E-state index in [1.165, 1.54) is 0 Å². The van der Waals surface area contributed by atoms with Crippen molar-refractivity contribution in [2.24, 2.45) is 0 Å². The molecule has 0 radical (unpaired) electrons. The molecule has 0 atom stereocenters. The van der Waals surface area contributed by atoms with E-state index in [1.54, 1.807) is 6.20 Å². The van der Waals surface area contributed by atoms with Crippen LogP contribution in [0.1, 0.15) is 29.5 Å². The van der Waals surface area contributed by atoms with Crippen molar-refractivity contribution < 1.29 is 0 Å². The molecule has 0 unspecified atom stereocenters. The lowest BCUT2D eigenvalue weighted by atomic mass is 9.87. The Hall–Kier alpha value is -1.92. The Kier molecular flexibility index (Phi) is 3.18. The first kappa shape index (κ1) is 12.1. The third-order valence-electron chi connectivity index (χ3n) is 3.49. The van der Waals surface area contributed by atoms with E-state index in [1.807, 2.05) is 18.2 Å². The summed E-state index contributed by atoms with van der Waals surface area (Å²) in [7, 11) is 0. The van der Waals surface area contributed by atoms with E-state index in [0.29, 0.717) is 10.7 Å². The molecule has 0 saturated carbocycles. The number of pyridine rings is 2. The van der Waals surface area contributed by atoms with Gasteiger partial charge < -0.3 is 0 Å². The van der Waals surface area contributed by atoms with E-state index in [4.69, 9.17) is 11.6 Å². The summed E-state index contributed by atoms with van der Waals surface area (Å²) in [4.78, 5) is 8.76. The topological polar surface area (TPSA) is 49.6 Å². The predicted molar refractivity (Wildman–Crippen MR) is 73.8 cm³/mol.